The third-order valence-electron chi connectivity index (χ3n) is 2.71. The number of hydrogen-bond donors (Lipinski definition) is 1. The van der Waals surface area contributed by atoms with E-state index < -0.39 is 0 Å². The molecule has 1 heterocycles. The zero-order valence-electron chi connectivity index (χ0n) is 9.63. The molecular formula is C11H22N2O2. The first kappa shape index (κ1) is 12.5. The van der Waals surface area contributed by atoms with Crippen molar-refractivity contribution in [2.75, 3.05) is 39.9 Å². The van der Waals surface area contributed by atoms with Crippen LogP contribution in [0.1, 0.15) is 25.7 Å². The van der Waals surface area contributed by atoms with Crippen LogP contribution in [0.15, 0.2) is 0 Å². The molecule has 0 unspecified atom stereocenters. The van der Waals surface area contributed by atoms with E-state index in [-0.39, 0.29) is 0 Å². The van der Waals surface area contributed by atoms with Crippen LogP contribution in [0.25, 0.3) is 0 Å². The van der Waals surface area contributed by atoms with Crippen molar-refractivity contribution in [1.82, 2.24) is 10.2 Å². The molecule has 88 valence electrons. The second-order valence-electron chi connectivity index (χ2n) is 3.93. The Kier molecular flexibility index (Phi) is 6.36. The number of nitrogens with one attached hydrogen (secondary N) is 1. The molecule has 0 spiro atoms. The second-order valence-corrected chi connectivity index (χ2v) is 3.93. The number of methoxy groups -OCH3 is 1. The minimum Gasteiger partial charge on any atom is -0.383 e. The summed E-state index contributed by atoms with van der Waals surface area (Å²) in [5, 5.41) is 3.18. The number of amides is 1. The fourth-order valence-electron chi connectivity index (χ4n) is 1.80. The van der Waals surface area contributed by atoms with Crippen LogP contribution in [0.2, 0.25) is 0 Å². The molecule has 0 atom stereocenters. The fraction of sp³-hybridized carbons (Fsp3) is 0.909. The molecule has 1 amide bonds. The predicted octanol–water partition coefficient (Wildman–Crippen LogP) is 0.625. The molecule has 1 aliphatic rings. The van der Waals surface area contributed by atoms with Crippen LogP contribution in [0, 0.1) is 0 Å². The van der Waals surface area contributed by atoms with Gasteiger partial charge in [-0.25, -0.2) is 0 Å². The number of carbonyl (C=O) groups is 1. The van der Waals surface area contributed by atoms with Gasteiger partial charge < -0.3 is 15.0 Å². The third-order valence-corrected chi connectivity index (χ3v) is 2.71. The Balaban J connectivity index is 2.02. The van der Waals surface area contributed by atoms with Crippen molar-refractivity contribution in [2.24, 2.45) is 0 Å². The van der Waals surface area contributed by atoms with E-state index in [1.54, 1.807) is 7.11 Å². The molecule has 15 heavy (non-hydrogen) atoms. The minimum absolute atomic E-state index is 0.291. The van der Waals surface area contributed by atoms with Crippen molar-refractivity contribution in [3.63, 3.8) is 0 Å². The lowest BCUT2D eigenvalue weighted by atomic mass is 10.1. The molecular weight excluding hydrogens is 192 g/mol. The number of piperidine rings is 1. The Morgan fingerprint density at radius 3 is 2.67 bits per heavy atom. The van der Waals surface area contributed by atoms with Gasteiger partial charge in [0.15, 0.2) is 0 Å². The summed E-state index contributed by atoms with van der Waals surface area (Å²) in [7, 11) is 1.68. The maximum Gasteiger partial charge on any atom is 0.223 e. The van der Waals surface area contributed by atoms with Crippen molar-refractivity contribution in [3.8, 4) is 0 Å². The Hall–Kier alpha value is -0.610. The molecule has 1 saturated heterocycles. The van der Waals surface area contributed by atoms with E-state index in [0.29, 0.717) is 18.9 Å². The van der Waals surface area contributed by atoms with Crippen molar-refractivity contribution in [3.05, 3.63) is 0 Å². The van der Waals surface area contributed by atoms with E-state index in [1.165, 1.54) is 19.3 Å². The van der Waals surface area contributed by atoms with Gasteiger partial charge in [-0.3, -0.25) is 4.79 Å². The van der Waals surface area contributed by atoms with Gasteiger partial charge >= 0.3 is 0 Å². The SMILES string of the molecule is COCCNCCC(=O)N1CCCCC1. The van der Waals surface area contributed by atoms with Crippen LogP contribution in [-0.4, -0.2) is 50.7 Å². The summed E-state index contributed by atoms with van der Waals surface area (Å²) >= 11 is 0. The first-order chi connectivity index (χ1) is 7.34. The van der Waals surface area contributed by atoms with Crippen molar-refractivity contribution < 1.29 is 9.53 Å². The number of likely N-dealkylation sites (tertiary alicyclic amines) is 1. The van der Waals surface area contributed by atoms with E-state index in [1.807, 2.05) is 4.90 Å². The number of nitrogens with zero attached hydrogens (tertiary/aromatic N) is 1. The van der Waals surface area contributed by atoms with Crippen LogP contribution >= 0.6 is 0 Å². The van der Waals surface area contributed by atoms with Crippen LogP contribution in [0.5, 0.6) is 0 Å². The zero-order valence-corrected chi connectivity index (χ0v) is 9.63. The first-order valence-electron chi connectivity index (χ1n) is 5.82. The Morgan fingerprint density at radius 1 is 1.27 bits per heavy atom. The highest BCUT2D eigenvalue weighted by atomic mass is 16.5. The summed E-state index contributed by atoms with van der Waals surface area (Å²) in [6, 6.07) is 0. The molecule has 0 aliphatic carbocycles. The third kappa shape index (κ3) is 5.14. The average Bonchev–Trinajstić information content (AvgIpc) is 2.30. The molecule has 1 N–H and O–H groups in total. The van der Waals surface area contributed by atoms with Gasteiger partial charge in [0.1, 0.15) is 0 Å². The van der Waals surface area contributed by atoms with E-state index in [4.69, 9.17) is 4.74 Å². The van der Waals surface area contributed by atoms with E-state index >= 15 is 0 Å². The van der Waals surface area contributed by atoms with Gasteiger partial charge in [-0.2, -0.15) is 0 Å². The quantitative estimate of drug-likeness (QED) is 0.659. The van der Waals surface area contributed by atoms with Crippen molar-refractivity contribution in [2.45, 2.75) is 25.7 Å². The molecule has 1 rings (SSSR count). The summed E-state index contributed by atoms with van der Waals surface area (Å²) in [6.07, 6.45) is 4.23. The molecule has 1 aliphatic heterocycles. The predicted molar refractivity (Wildman–Crippen MR) is 59.8 cm³/mol. The van der Waals surface area contributed by atoms with E-state index in [2.05, 4.69) is 5.32 Å². The van der Waals surface area contributed by atoms with Gasteiger partial charge in [0.05, 0.1) is 6.61 Å². The largest absolute Gasteiger partial charge is 0.383 e. The lowest BCUT2D eigenvalue weighted by Crippen LogP contribution is -2.37. The minimum atomic E-state index is 0.291. The second kappa shape index (κ2) is 7.65. The van der Waals surface area contributed by atoms with Crippen LogP contribution in [0.3, 0.4) is 0 Å². The molecule has 0 aromatic heterocycles. The maximum atomic E-state index is 11.7. The normalized spacial score (nSPS) is 16.7. The van der Waals surface area contributed by atoms with Crippen molar-refractivity contribution >= 4 is 5.91 Å². The van der Waals surface area contributed by atoms with Gasteiger partial charge in [0, 0.05) is 39.7 Å². The fourth-order valence-corrected chi connectivity index (χ4v) is 1.80. The molecule has 4 nitrogen and oxygen atoms in total. The highest BCUT2D eigenvalue weighted by Gasteiger charge is 2.15. The Bertz CT molecular complexity index is 179. The summed E-state index contributed by atoms with van der Waals surface area (Å²) in [4.78, 5) is 13.7. The first-order valence-corrected chi connectivity index (χ1v) is 5.82. The summed E-state index contributed by atoms with van der Waals surface area (Å²) < 4.78 is 4.91. The van der Waals surface area contributed by atoms with Gasteiger partial charge in [0.2, 0.25) is 5.91 Å². The van der Waals surface area contributed by atoms with Gasteiger partial charge in [0.25, 0.3) is 0 Å². The number of hydrogen-bond acceptors (Lipinski definition) is 3. The summed E-state index contributed by atoms with van der Waals surface area (Å²) in [5.74, 6) is 0.291. The number of carbonyl (C=O) groups excluding carboxylic acids is 1. The van der Waals surface area contributed by atoms with Gasteiger partial charge in [-0.05, 0) is 19.3 Å². The molecule has 1 fully saturated rings. The molecule has 4 heteroatoms. The van der Waals surface area contributed by atoms with Crippen molar-refractivity contribution in [1.29, 1.82) is 0 Å². The Morgan fingerprint density at radius 2 is 2.00 bits per heavy atom. The molecule has 0 radical (unpaired) electrons. The van der Waals surface area contributed by atoms with Crippen LogP contribution in [0.4, 0.5) is 0 Å². The topological polar surface area (TPSA) is 41.6 Å². The summed E-state index contributed by atoms with van der Waals surface area (Å²) in [6.45, 7) is 4.20. The van der Waals surface area contributed by atoms with Gasteiger partial charge in [-0.15, -0.1) is 0 Å². The molecule has 0 saturated carbocycles. The maximum absolute atomic E-state index is 11.7. The monoisotopic (exact) mass is 214 g/mol. The lowest BCUT2D eigenvalue weighted by Gasteiger charge is -2.26. The summed E-state index contributed by atoms with van der Waals surface area (Å²) in [5.41, 5.74) is 0. The van der Waals surface area contributed by atoms with E-state index in [9.17, 15) is 4.79 Å². The van der Waals surface area contributed by atoms with Crippen LogP contribution in [-0.2, 0) is 9.53 Å². The average molecular weight is 214 g/mol. The van der Waals surface area contributed by atoms with E-state index in [0.717, 1.165) is 26.2 Å². The highest BCUT2D eigenvalue weighted by Crippen LogP contribution is 2.09. The smallest absolute Gasteiger partial charge is 0.223 e. The highest BCUT2D eigenvalue weighted by molar-refractivity contribution is 5.76. The molecule has 0 bridgehead atoms. The number of rotatable bonds is 6. The van der Waals surface area contributed by atoms with Gasteiger partial charge in [-0.1, -0.05) is 0 Å². The zero-order chi connectivity index (χ0) is 10.9. The molecule has 0 aromatic rings. The molecule has 0 aromatic carbocycles. The number of ether oxygens (including phenoxy) is 1. The van der Waals surface area contributed by atoms with Crippen LogP contribution < -0.4 is 5.32 Å². The lowest BCUT2D eigenvalue weighted by molar-refractivity contribution is -0.131. The Labute approximate surface area is 92.0 Å². The standard InChI is InChI=1S/C11H22N2O2/c1-15-10-7-12-6-5-11(14)13-8-3-2-4-9-13/h12H,2-10H2,1H3.